The molecule has 0 saturated carbocycles. The predicted octanol–water partition coefficient (Wildman–Crippen LogP) is 2.20. The van der Waals surface area contributed by atoms with E-state index in [-0.39, 0.29) is 6.61 Å². The van der Waals surface area contributed by atoms with Crippen molar-refractivity contribution in [3.63, 3.8) is 0 Å². The average molecular weight is 220 g/mol. The third-order valence-corrected chi connectivity index (χ3v) is 3.41. The maximum atomic E-state index is 9.10. The molecule has 1 N–H and O–H groups in total. The third kappa shape index (κ3) is 2.35. The highest BCUT2D eigenvalue weighted by Gasteiger charge is 2.23. The molecule has 0 aromatic carbocycles. The second kappa shape index (κ2) is 4.83. The molecule has 0 amide bonds. The van der Waals surface area contributed by atoms with Crippen LogP contribution in [0.4, 0.5) is 5.69 Å². The molecule has 2 heterocycles. The number of anilines is 1. The molecule has 1 saturated heterocycles. The van der Waals surface area contributed by atoms with Gasteiger partial charge in [0.15, 0.2) is 0 Å². The molecular weight excluding hydrogens is 200 g/mol. The highest BCUT2D eigenvalue weighted by molar-refractivity contribution is 5.47. The lowest BCUT2D eigenvalue weighted by atomic mass is 9.94. The molecule has 3 heteroatoms. The summed E-state index contributed by atoms with van der Waals surface area (Å²) in [6, 6.07) is 4.62. The van der Waals surface area contributed by atoms with Crippen molar-refractivity contribution in [1.29, 1.82) is 0 Å². The highest BCUT2D eigenvalue weighted by atomic mass is 16.3. The van der Waals surface area contributed by atoms with Gasteiger partial charge in [-0.3, -0.25) is 4.98 Å². The third-order valence-electron chi connectivity index (χ3n) is 3.41. The van der Waals surface area contributed by atoms with Crippen LogP contribution >= 0.6 is 0 Å². The smallest absolute Gasteiger partial charge is 0.0853 e. The average Bonchev–Trinajstić information content (AvgIpc) is 2.32. The standard InChI is InChI=1S/C13H20N2O/c1-10-3-4-11(2)15(8-10)13-5-6-14-12(7-13)9-16/h5-7,10-11,16H,3-4,8-9H2,1-2H3. The van der Waals surface area contributed by atoms with Gasteiger partial charge >= 0.3 is 0 Å². The number of piperidine rings is 1. The van der Waals surface area contributed by atoms with Gasteiger partial charge in [-0.2, -0.15) is 0 Å². The zero-order valence-electron chi connectivity index (χ0n) is 10.1. The topological polar surface area (TPSA) is 36.4 Å². The fraction of sp³-hybridized carbons (Fsp3) is 0.615. The van der Waals surface area contributed by atoms with E-state index in [0.29, 0.717) is 6.04 Å². The molecule has 1 fully saturated rings. The van der Waals surface area contributed by atoms with E-state index in [2.05, 4.69) is 23.7 Å². The van der Waals surface area contributed by atoms with Gasteiger partial charge < -0.3 is 10.0 Å². The summed E-state index contributed by atoms with van der Waals surface area (Å²) in [6.45, 7) is 5.69. The van der Waals surface area contributed by atoms with Gasteiger partial charge in [0.05, 0.1) is 12.3 Å². The summed E-state index contributed by atoms with van der Waals surface area (Å²) in [6.07, 6.45) is 4.35. The van der Waals surface area contributed by atoms with Crippen LogP contribution in [0.1, 0.15) is 32.4 Å². The second-order valence-electron chi connectivity index (χ2n) is 4.85. The monoisotopic (exact) mass is 220 g/mol. The van der Waals surface area contributed by atoms with Gasteiger partial charge in [0, 0.05) is 24.5 Å². The Morgan fingerprint density at radius 2 is 2.25 bits per heavy atom. The molecule has 1 aliphatic rings. The maximum Gasteiger partial charge on any atom is 0.0853 e. The summed E-state index contributed by atoms with van der Waals surface area (Å²) in [5.74, 6) is 0.752. The van der Waals surface area contributed by atoms with Crippen LogP contribution in [0.2, 0.25) is 0 Å². The first-order valence-corrected chi connectivity index (χ1v) is 6.03. The number of pyridine rings is 1. The molecule has 0 spiro atoms. The Morgan fingerprint density at radius 1 is 1.44 bits per heavy atom. The zero-order valence-corrected chi connectivity index (χ0v) is 10.1. The van der Waals surface area contributed by atoms with Crippen LogP contribution in [0, 0.1) is 5.92 Å². The molecule has 1 aromatic rings. The molecule has 1 aliphatic heterocycles. The molecular formula is C13H20N2O. The van der Waals surface area contributed by atoms with Crippen LogP contribution in [0.5, 0.6) is 0 Å². The first-order chi connectivity index (χ1) is 7.70. The minimum atomic E-state index is 0.0195. The molecule has 2 rings (SSSR count). The van der Waals surface area contributed by atoms with E-state index in [0.717, 1.165) is 18.2 Å². The lowest BCUT2D eigenvalue weighted by Gasteiger charge is -2.38. The van der Waals surface area contributed by atoms with Crippen LogP contribution in [-0.4, -0.2) is 22.7 Å². The Kier molecular flexibility index (Phi) is 3.44. The SMILES string of the molecule is CC1CCC(C)N(c2ccnc(CO)c2)C1. The van der Waals surface area contributed by atoms with Crippen molar-refractivity contribution in [2.45, 2.75) is 39.3 Å². The molecule has 0 radical (unpaired) electrons. The summed E-state index contributed by atoms with van der Waals surface area (Å²) < 4.78 is 0. The van der Waals surface area contributed by atoms with Crippen molar-refractivity contribution in [3.8, 4) is 0 Å². The van der Waals surface area contributed by atoms with Crippen LogP contribution < -0.4 is 4.90 Å². The van der Waals surface area contributed by atoms with Crippen LogP contribution in [0.25, 0.3) is 0 Å². The van der Waals surface area contributed by atoms with Gasteiger partial charge in [-0.25, -0.2) is 0 Å². The number of rotatable bonds is 2. The predicted molar refractivity (Wildman–Crippen MR) is 65.4 cm³/mol. The summed E-state index contributed by atoms with van der Waals surface area (Å²) in [7, 11) is 0. The van der Waals surface area contributed by atoms with Crippen LogP contribution in [0.15, 0.2) is 18.3 Å². The van der Waals surface area contributed by atoms with Crippen LogP contribution in [0.3, 0.4) is 0 Å². The molecule has 0 bridgehead atoms. The van der Waals surface area contributed by atoms with E-state index in [1.807, 2.05) is 12.1 Å². The second-order valence-corrected chi connectivity index (χ2v) is 4.85. The Morgan fingerprint density at radius 3 is 3.00 bits per heavy atom. The Bertz CT molecular complexity index is 354. The number of aliphatic hydroxyl groups is 1. The van der Waals surface area contributed by atoms with E-state index in [1.54, 1.807) is 6.20 Å². The number of aromatic nitrogens is 1. The van der Waals surface area contributed by atoms with E-state index in [9.17, 15) is 0 Å². The largest absolute Gasteiger partial charge is 0.390 e. The van der Waals surface area contributed by atoms with Crippen molar-refractivity contribution in [1.82, 2.24) is 4.98 Å². The summed E-state index contributed by atoms with van der Waals surface area (Å²) in [4.78, 5) is 6.55. The number of hydrogen-bond donors (Lipinski definition) is 1. The molecule has 3 nitrogen and oxygen atoms in total. The van der Waals surface area contributed by atoms with Crippen molar-refractivity contribution >= 4 is 5.69 Å². The van der Waals surface area contributed by atoms with E-state index >= 15 is 0 Å². The fourth-order valence-electron chi connectivity index (χ4n) is 2.38. The number of aliphatic hydroxyl groups excluding tert-OH is 1. The minimum absolute atomic E-state index is 0.0195. The molecule has 2 unspecified atom stereocenters. The normalized spacial score (nSPS) is 25.8. The van der Waals surface area contributed by atoms with Crippen molar-refractivity contribution in [2.24, 2.45) is 5.92 Å². The lowest BCUT2D eigenvalue weighted by Crippen LogP contribution is -2.41. The Hall–Kier alpha value is -1.09. The van der Waals surface area contributed by atoms with Gasteiger partial charge in [-0.05, 0) is 37.8 Å². The minimum Gasteiger partial charge on any atom is -0.390 e. The molecule has 88 valence electrons. The number of nitrogens with zero attached hydrogens (tertiary/aromatic N) is 2. The fourth-order valence-corrected chi connectivity index (χ4v) is 2.38. The van der Waals surface area contributed by atoms with Gasteiger partial charge in [-0.1, -0.05) is 6.92 Å². The van der Waals surface area contributed by atoms with Crippen molar-refractivity contribution < 1.29 is 5.11 Å². The maximum absolute atomic E-state index is 9.10. The van der Waals surface area contributed by atoms with Crippen molar-refractivity contribution in [3.05, 3.63) is 24.0 Å². The summed E-state index contributed by atoms with van der Waals surface area (Å²) >= 11 is 0. The van der Waals surface area contributed by atoms with Gasteiger partial charge in [0.1, 0.15) is 0 Å². The van der Waals surface area contributed by atoms with E-state index in [4.69, 9.17) is 5.11 Å². The van der Waals surface area contributed by atoms with Crippen molar-refractivity contribution in [2.75, 3.05) is 11.4 Å². The van der Waals surface area contributed by atoms with Gasteiger partial charge in [0.2, 0.25) is 0 Å². The lowest BCUT2D eigenvalue weighted by molar-refractivity contribution is 0.277. The van der Waals surface area contributed by atoms with Gasteiger partial charge in [-0.15, -0.1) is 0 Å². The summed E-state index contributed by atoms with van der Waals surface area (Å²) in [5, 5.41) is 9.10. The first kappa shape index (κ1) is 11.4. The zero-order chi connectivity index (χ0) is 11.5. The molecule has 16 heavy (non-hydrogen) atoms. The van der Waals surface area contributed by atoms with Crippen LogP contribution in [-0.2, 0) is 6.61 Å². The van der Waals surface area contributed by atoms with E-state index in [1.165, 1.54) is 18.5 Å². The number of hydrogen-bond acceptors (Lipinski definition) is 3. The Labute approximate surface area is 97.1 Å². The van der Waals surface area contributed by atoms with Gasteiger partial charge in [0.25, 0.3) is 0 Å². The highest BCUT2D eigenvalue weighted by Crippen LogP contribution is 2.27. The quantitative estimate of drug-likeness (QED) is 0.830. The van der Waals surface area contributed by atoms with E-state index < -0.39 is 0 Å². The first-order valence-electron chi connectivity index (χ1n) is 6.03. The molecule has 2 atom stereocenters. The Balaban J connectivity index is 2.20. The molecule has 1 aromatic heterocycles. The molecule has 0 aliphatic carbocycles. The summed E-state index contributed by atoms with van der Waals surface area (Å²) in [5.41, 5.74) is 1.95.